The predicted molar refractivity (Wildman–Crippen MR) is 108 cm³/mol. The zero-order chi connectivity index (χ0) is 19.0. The molecule has 0 aliphatic carbocycles. The molecule has 0 saturated carbocycles. The summed E-state index contributed by atoms with van der Waals surface area (Å²) in [5.41, 5.74) is 3.14. The summed E-state index contributed by atoms with van der Waals surface area (Å²) < 4.78 is 5.68. The van der Waals surface area contributed by atoms with Crippen molar-refractivity contribution in [2.45, 2.75) is 38.8 Å². The molecular formula is C23H28N2O2. The van der Waals surface area contributed by atoms with Crippen molar-refractivity contribution in [2.75, 3.05) is 24.5 Å². The monoisotopic (exact) mass is 364 g/mol. The molecule has 142 valence electrons. The fourth-order valence-electron chi connectivity index (χ4n) is 4.34. The maximum Gasteiger partial charge on any atom is 0.414 e. The van der Waals surface area contributed by atoms with Crippen molar-refractivity contribution >= 4 is 11.8 Å². The van der Waals surface area contributed by atoms with Gasteiger partial charge in [-0.15, -0.1) is 0 Å². The van der Waals surface area contributed by atoms with Gasteiger partial charge in [0.1, 0.15) is 5.60 Å². The van der Waals surface area contributed by atoms with Gasteiger partial charge in [0.25, 0.3) is 0 Å². The van der Waals surface area contributed by atoms with Crippen LogP contribution >= 0.6 is 0 Å². The summed E-state index contributed by atoms with van der Waals surface area (Å²) in [4.78, 5) is 17.2. The topological polar surface area (TPSA) is 32.8 Å². The second-order valence-corrected chi connectivity index (χ2v) is 8.70. The highest BCUT2D eigenvalue weighted by Gasteiger charge is 2.42. The average Bonchev–Trinajstić information content (AvgIpc) is 3.03. The number of fused-ring (bicyclic) bond motifs is 3. The summed E-state index contributed by atoms with van der Waals surface area (Å²) in [6.07, 6.45) is -0.241. The molecule has 1 amide bonds. The number of anilines is 1. The van der Waals surface area contributed by atoms with Gasteiger partial charge in [0, 0.05) is 32.1 Å². The van der Waals surface area contributed by atoms with E-state index in [9.17, 15) is 4.79 Å². The Morgan fingerprint density at radius 2 is 1.70 bits per heavy atom. The van der Waals surface area contributed by atoms with E-state index in [1.165, 1.54) is 11.1 Å². The Morgan fingerprint density at radius 3 is 2.44 bits per heavy atom. The lowest BCUT2D eigenvalue weighted by Crippen LogP contribution is -2.44. The van der Waals surface area contributed by atoms with Crippen molar-refractivity contribution in [1.82, 2.24) is 4.90 Å². The summed E-state index contributed by atoms with van der Waals surface area (Å²) >= 11 is 0. The third-order valence-electron chi connectivity index (χ3n) is 5.42. The smallest absolute Gasteiger partial charge is 0.414 e. The fourth-order valence-corrected chi connectivity index (χ4v) is 4.34. The number of hydrogen-bond acceptors (Lipinski definition) is 3. The van der Waals surface area contributed by atoms with E-state index < -0.39 is 5.60 Å². The Bertz CT molecular complexity index is 813. The SMILES string of the molecule is CC(C)(C)OC(=O)N1C[C@@H]2CN(Cc3ccccc3)C[C@H]2c2ccccc21. The number of amides is 1. The molecule has 0 aromatic heterocycles. The van der Waals surface area contributed by atoms with Gasteiger partial charge in [-0.2, -0.15) is 0 Å². The van der Waals surface area contributed by atoms with E-state index in [1.54, 1.807) is 0 Å². The predicted octanol–water partition coefficient (Wildman–Crippen LogP) is 4.66. The van der Waals surface area contributed by atoms with Gasteiger partial charge in [0.05, 0.1) is 5.69 Å². The van der Waals surface area contributed by atoms with E-state index in [2.05, 4.69) is 53.4 Å². The van der Waals surface area contributed by atoms with Crippen molar-refractivity contribution in [3.63, 3.8) is 0 Å². The van der Waals surface area contributed by atoms with Crippen molar-refractivity contribution in [2.24, 2.45) is 5.92 Å². The van der Waals surface area contributed by atoms with Gasteiger partial charge in [-0.05, 0) is 43.9 Å². The minimum Gasteiger partial charge on any atom is -0.443 e. The molecule has 2 aromatic rings. The lowest BCUT2D eigenvalue weighted by atomic mass is 9.84. The highest BCUT2D eigenvalue weighted by Crippen LogP contribution is 2.43. The quantitative estimate of drug-likeness (QED) is 0.777. The maximum atomic E-state index is 12.8. The summed E-state index contributed by atoms with van der Waals surface area (Å²) in [5.74, 6) is 0.916. The molecule has 4 nitrogen and oxygen atoms in total. The van der Waals surface area contributed by atoms with E-state index in [1.807, 2.05) is 31.7 Å². The van der Waals surface area contributed by atoms with Crippen LogP contribution in [0.15, 0.2) is 54.6 Å². The molecule has 2 aliphatic heterocycles. The first-order chi connectivity index (χ1) is 12.9. The summed E-state index contributed by atoms with van der Waals surface area (Å²) in [6.45, 7) is 9.48. The minimum atomic E-state index is -0.488. The molecule has 27 heavy (non-hydrogen) atoms. The molecule has 2 aliphatic rings. The van der Waals surface area contributed by atoms with Crippen molar-refractivity contribution < 1.29 is 9.53 Å². The van der Waals surface area contributed by atoms with Crippen LogP contribution in [0.2, 0.25) is 0 Å². The number of carbonyl (C=O) groups excluding carboxylic acids is 1. The Hall–Kier alpha value is -2.33. The first kappa shape index (κ1) is 18.1. The number of likely N-dealkylation sites (tertiary alicyclic amines) is 1. The van der Waals surface area contributed by atoms with Crippen molar-refractivity contribution in [3.8, 4) is 0 Å². The zero-order valence-corrected chi connectivity index (χ0v) is 16.4. The van der Waals surface area contributed by atoms with Crippen molar-refractivity contribution in [1.29, 1.82) is 0 Å². The third kappa shape index (κ3) is 3.86. The van der Waals surface area contributed by atoms with Crippen LogP contribution in [0.5, 0.6) is 0 Å². The lowest BCUT2D eigenvalue weighted by molar-refractivity contribution is 0.0570. The first-order valence-corrected chi connectivity index (χ1v) is 9.76. The van der Waals surface area contributed by atoms with Crippen LogP contribution in [0.4, 0.5) is 10.5 Å². The number of para-hydroxylation sites is 1. The zero-order valence-electron chi connectivity index (χ0n) is 16.4. The van der Waals surface area contributed by atoms with Gasteiger partial charge in [-0.3, -0.25) is 9.80 Å². The molecule has 2 atom stereocenters. The number of nitrogens with zero attached hydrogens (tertiary/aromatic N) is 2. The van der Waals surface area contributed by atoms with Crippen LogP contribution < -0.4 is 4.90 Å². The third-order valence-corrected chi connectivity index (χ3v) is 5.42. The van der Waals surface area contributed by atoms with Gasteiger partial charge in [-0.25, -0.2) is 4.79 Å². The van der Waals surface area contributed by atoms with Crippen LogP contribution in [-0.4, -0.2) is 36.2 Å². The summed E-state index contributed by atoms with van der Waals surface area (Å²) in [5, 5.41) is 0. The molecule has 0 bridgehead atoms. The molecule has 0 spiro atoms. The number of carbonyl (C=O) groups is 1. The largest absolute Gasteiger partial charge is 0.443 e. The maximum absolute atomic E-state index is 12.8. The minimum absolute atomic E-state index is 0.241. The van der Waals surface area contributed by atoms with Crippen LogP contribution in [0.3, 0.4) is 0 Å². The van der Waals surface area contributed by atoms with Gasteiger partial charge in [0.15, 0.2) is 0 Å². The Labute approximate surface area is 161 Å². The van der Waals surface area contributed by atoms with Gasteiger partial charge >= 0.3 is 6.09 Å². The van der Waals surface area contributed by atoms with E-state index >= 15 is 0 Å². The summed E-state index contributed by atoms with van der Waals surface area (Å²) in [7, 11) is 0. The molecule has 2 aromatic carbocycles. The van der Waals surface area contributed by atoms with E-state index in [0.717, 1.165) is 31.9 Å². The Kier molecular flexibility index (Phi) is 4.68. The molecule has 2 heterocycles. The van der Waals surface area contributed by atoms with Crippen LogP contribution in [0.1, 0.15) is 37.8 Å². The summed E-state index contributed by atoms with van der Waals surface area (Å²) in [6, 6.07) is 18.9. The molecule has 4 rings (SSSR count). The lowest BCUT2D eigenvalue weighted by Gasteiger charge is -2.37. The molecule has 0 radical (unpaired) electrons. The standard InChI is InChI=1S/C23H28N2O2/c1-23(2,3)27-22(26)25-15-18-14-24(13-17-9-5-4-6-10-17)16-20(18)19-11-7-8-12-21(19)25/h4-12,18,20H,13-16H2,1-3H3/t18-,20+/m0/s1. The molecule has 0 N–H and O–H groups in total. The normalized spacial score (nSPS) is 22.3. The first-order valence-electron chi connectivity index (χ1n) is 9.76. The second kappa shape index (κ2) is 7.01. The Balaban J connectivity index is 1.56. The highest BCUT2D eigenvalue weighted by molar-refractivity contribution is 5.90. The second-order valence-electron chi connectivity index (χ2n) is 8.70. The molecule has 1 fully saturated rings. The number of rotatable bonds is 2. The Morgan fingerprint density at radius 1 is 1.00 bits per heavy atom. The molecular weight excluding hydrogens is 336 g/mol. The van der Waals surface area contributed by atoms with Gasteiger partial charge in [-0.1, -0.05) is 48.5 Å². The number of hydrogen-bond donors (Lipinski definition) is 0. The van der Waals surface area contributed by atoms with Crippen LogP contribution in [-0.2, 0) is 11.3 Å². The van der Waals surface area contributed by atoms with Crippen molar-refractivity contribution in [3.05, 3.63) is 65.7 Å². The fraction of sp³-hybridized carbons (Fsp3) is 0.435. The van der Waals surface area contributed by atoms with Crippen LogP contribution in [0.25, 0.3) is 0 Å². The van der Waals surface area contributed by atoms with Crippen LogP contribution in [0, 0.1) is 5.92 Å². The van der Waals surface area contributed by atoms with Gasteiger partial charge < -0.3 is 4.74 Å². The van der Waals surface area contributed by atoms with E-state index in [0.29, 0.717) is 11.8 Å². The highest BCUT2D eigenvalue weighted by atomic mass is 16.6. The number of benzene rings is 2. The molecule has 4 heteroatoms. The molecule has 1 saturated heterocycles. The van der Waals surface area contributed by atoms with E-state index in [-0.39, 0.29) is 6.09 Å². The van der Waals surface area contributed by atoms with Gasteiger partial charge in [0.2, 0.25) is 0 Å². The average molecular weight is 364 g/mol. The number of ether oxygens (including phenoxy) is 1. The molecule has 0 unspecified atom stereocenters. The van der Waals surface area contributed by atoms with E-state index in [4.69, 9.17) is 4.74 Å².